The summed E-state index contributed by atoms with van der Waals surface area (Å²) in [6.45, 7) is 2.36. The second-order valence-corrected chi connectivity index (χ2v) is 6.57. The largest absolute Gasteiger partial charge is 0.486 e. The first-order valence-corrected chi connectivity index (χ1v) is 8.41. The van der Waals surface area contributed by atoms with Crippen molar-refractivity contribution in [3.63, 3.8) is 0 Å². The van der Waals surface area contributed by atoms with Crippen molar-refractivity contribution in [1.82, 2.24) is 4.90 Å². The molecule has 1 aromatic heterocycles. The third kappa shape index (κ3) is 3.95. The Balaban J connectivity index is 1.58. The SMILES string of the molecule is NCC1CCN(C(=O)c2ccc(COc3cccc(Br)c3)o2)C1. The number of nitrogens with zero attached hydrogens (tertiary/aromatic N) is 1. The van der Waals surface area contributed by atoms with E-state index in [2.05, 4.69) is 15.9 Å². The Morgan fingerprint density at radius 2 is 2.26 bits per heavy atom. The molecule has 1 amide bonds. The molecule has 1 aliphatic rings. The zero-order chi connectivity index (χ0) is 16.2. The van der Waals surface area contributed by atoms with E-state index in [1.807, 2.05) is 24.3 Å². The fourth-order valence-corrected chi connectivity index (χ4v) is 3.03. The number of halogens is 1. The third-order valence-corrected chi connectivity index (χ3v) is 4.45. The van der Waals surface area contributed by atoms with Gasteiger partial charge in [-0.15, -0.1) is 0 Å². The molecule has 1 unspecified atom stereocenters. The van der Waals surface area contributed by atoms with Crippen molar-refractivity contribution in [1.29, 1.82) is 0 Å². The van der Waals surface area contributed by atoms with Crippen molar-refractivity contribution in [2.45, 2.75) is 13.0 Å². The number of furan rings is 1. The van der Waals surface area contributed by atoms with Gasteiger partial charge in [-0.3, -0.25) is 4.79 Å². The maximum absolute atomic E-state index is 12.4. The van der Waals surface area contributed by atoms with Gasteiger partial charge in [-0.05, 0) is 49.2 Å². The summed E-state index contributed by atoms with van der Waals surface area (Å²) in [5.74, 6) is 2.05. The predicted octanol–water partition coefficient (Wildman–Crippen LogP) is 3.04. The average molecular weight is 379 g/mol. The lowest BCUT2D eigenvalue weighted by atomic mass is 10.1. The van der Waals surface area contributed by atoms with Gasteiger partial charge in [-0.2, -0.15) is 0 Å². The third-order valence-electron chi connectivity index (χ3n) is 3.96. The highest BCUT2D eigenvalue weighted by Crippen LogP contribution is 2.21. The minimum atomic E-state index is -0.0744. The Kier molecular flexibility index (Phi) is 5.03. The molecule has 0 saturated carbocycles. The van der Waals surface area contributed by atoms with Crippen LogP contribution in [0, 0.1) is 5.92 Å². The Hall–Kier alpha value is -1.79. The van der Waals surface area contributed by atoms with Crippen molar-refractivity contribution < 1.29 is 13.9 Å². The summed E-state index contributed by atoms with van der Waals surface area (Å²) in [5.41, 5.74) is 5.66. The molecule has 2 N–H and O–H groups in total. The van der Waals surface area contributed by atoms with E-state index in [9.17, 15) is 4.79 Å². The van der Waals surface area contributed by atoms with Crippen LogP contribution in [0.25, 0.3) is 0 Å². The van der Waals surface area contributed by atoms with Gasteiger partial charge < -0.3 is 19.8 Å². The Labute approximate surface area is 143 Å². The van der Waals surface area contributed by atoms with E-state index >= 15 is 0 Å². The maximum atomic E-state index is 12.4. The molecular formula is C17H19BrN2O3. The van der Waals surface area contributed by atoms with E-state index in [0.29, 0.717) is 30.5 Å². The summed E-state index contributed by atoms with van der Waals surface area (Å²) < 4.78 is 12.2. The molecule has 1 fully saturated rings. The fourth-order valence-electron chi connectivity index (χ4n) is 2.65. The summed E-state index contributed by atoms with van der Waals surface area (Å²) in [6.07, 6.45) is 0.960. The van der Waals surface area contributed by atoms with Gasteiger partial charge in [0.1, 0.15) is 18.1 Å². The number of nitrogens with two attached hydrogens (primary N) is 1. The van der Waals surface area contributed by atoms with Crippen LogP contribution in [-0.4, -0.2) is 30.4 Å². The molecule has 0 aliphatic carbocycles. The van der Waals surface area contributed by atoms with E-state index in [4.69, 9.17) is 14.9 Å². The molecule has 3 rings (SSSR count). The number of benzene rings is 1. The predicted molar refractivity (Wildman–Crippen MR) is 90.2 cm³/mol. The van der Waals surface area contributed by atoms with Gasteiger partial charge in [0.05, 0.1) is 0 Å². The van der Waals surface area contributed by atoms with Gasteiger partial charge in [0, 0.05) is 17.6 Å². The highest BCUT2D eigenvalue weighted by molar-refractivity contribution is 9.10. The zero-order valence-electron chi connectivity index (χ0n) is 12.7. The first kappa shape index (κ1) is 16.1. The molecule has 1 saturated heterocycles. The molecule has 6 heteroatoms. The van der Waals surface area contributed by atoms with Crippen molar-refractivity contribution in [2.24, 2.45) is 11.7 Å². The molecule has 1 aliphatic heterocycles. The normalized spacial score (nSPS) is 17.5. The summed E-state index contributed by atoms with van der Waals surface area (Å²) >= 11 is 3.40. The molecule has 0 bridgehead atoms. The average Bonchev–Trinajstić information content (AvgIpc) is 3.22. The molecule has 1 aromatic carbocycles. The molecule has 5 nitrogen and oxygen atoms in total. The van der Waals surface area contributed by atoms with Gasteiger partial charge in [-0.25, -0.2) is 0 Å². The molecular weight excluding hydrogens is 360 g/mol. The molecule has 122 valence electrons. The van der Waals surface area contributed by atoms with Gasteiger partial charge in [0.2, 0.25) is 0 Å². The molecule has 0 radical (unpaired) electrons. The number of carbonyl (C=O) groups excluding carboxylic acids is 1. The molecule has 1 atom stereocenters. The van der Waals surface area contributed by atoms with E-state index in [-0.39, 0.29) is 12.5 Å². The standard InChI is InChI=1S/C17H19BrN2O3/c18-13-2-1-3-14(8-13)22-11-15-4-5-16(23-15)17(21)20-7-6-12(9-19)10-20/h1-5,8,12H,6-7,9-11,19H2. The first-order chi connectivity index (χ1) is 11.2. The van der Waals surface area contributed by atoms with Crippen molar-refractivity contribution in [3.8, 4) is 5.75 Å². The lowest BCUT2D eigenvalue weighted by Gasteiger charge is -2.14. The number of hydrogen-bond donors (Lipinski definition) is 1. The summed E-state index contributed by atoms with van der Waals surface area (Å²) in [4.78, 5) is 14.2. The molecule has 2 aromatic rings. The zero-order valence-corrected chi connectivity index (χ0v) is 14.3. The van der Waals surface area contributed by atoms with Crippen molar-refractivity contribution >= 4 is 21.8 Å². The van der Waals surface area contributed by atoms with E-state index < -0.39 is 0 Å². The summed E-state index contributed by atoms with van der Waals surface area (Å²) in [6, 6.07) is 11.1. The van der Waals surface area contributed by atoms with Crippen molar-refractivity contribution in [3.05, 3.63) is 52.4 Å². The number of amides is 1. The van der Waals surface area contributed by atoms with Crippen LogP contribution in [0.3, 0.4) is 0 Å². The van der Waals surface area contributed by atoms with Gasteiger partial charge in [-0.1, -0.05) is 22.0 Å². The quantitative estimate of drug-likeness (QED) is 0.867. The van der Waals surface area contributed by atoms with Crippen LogP contribution < -0.4 is 10.5 Å². The molecule has 0 spiro atoms. The lowest BCUT2D eigenvalue weighted by Crippen LogP contribution is -2.29. The lowest BCUT2D eigenvalue weighted by molar-refractivity contribution is 0.0752. The Morgan fingerprint density at radius 1 is 1.39 bits per heavy atom. The van der Waals surface area contributed by atoms with E-state index in [1.54, 1.807) is 17.0 Å². The minimum absolute atomic E-state index is 0.0744. The highest BCUT2D eigenvalue weighted by atomic mass is 79.9. The second-order valence-electron chi connectivity index (χ2n) is 5.65. The monoisotopic (exact) mass is 378 g/mol. The highest BCUT2D eigenvalue weighted by Gasteiger charge is 2.27. The minimum Gasteiger partial charge on any atom is -0.486 e. The number of ether oxygens (including phenoxy) is 1. The topological polar surface area (TPSA) is 68.7 Å². The van der Waals surface area contributed by atoms with Crippen molar-refractivity contribution in [2.75, 3.05) is 19.6 Å². The van der Waals surface area contributed by atoms with Crippen LogP contribution in [0.5, 0.6) is 5.75 Å². The van der Waals surface area contributed by atoms with E-state index in [0.717, 1.165) is 23.2 Å². The summed E-state index contributed by atoms with van der Waals surface area (Å²) in [5, 5.41) is 0. The van der Waals surface area contributed by atoms with Crippen LogP contribution in [0.15, 0.2) is 45.3 Å². The summed E-state index contributed by atoms with van der Waals surface area (Å²) in [7, 11) is 0. The van der Waals surface area contributed by atoms with Crippen LogP contribution >= 0.6 is 15.9 Å². The number of rotatable bonds is 5. The van der Waals surface area contributed by atoms with Crippen LogP contribution in [0.4, 0.5) is 0 Å². The number of hydrogen-bond acceptors (Lipinski definition) is 4. The van der Waals surface area contributed by atoms with Gasteiger partial charge in [0.15, 0.2) is 5.76 Å². The Bertz CT molecular complexity index is 686. The number of likely N-dealkylation sites (tertiary alicyclic amines) is 1. The first-order valence-electron chi connectivity index (χ1n) is 7.62. The van der Waals surface area contributed by atoms with Gasteiger partial charge in [0.25, 0.3) is 5.91 Å². The molecule has 23 heavy (non-hydrogen) atoms. The molecule has 2 heterocycles. The van der Waals surface area contributed by atoms with Crippen LogP contribution in [0.1, 0.15) is 22.7 Å². The smallest absolute Gasteiger partial charge is 0.289 e. The van der Waals surface area contributed by atoms with Gasteiger partial charge >= 0.3 is 0 Å². The fraction of sp³-hybridized carbons (Fsp3) is 0.353. The second kappa shape index (κ2) is 7.19. The number of carbonyl (C=O) groups is 1. The van der Waals surface area contributed by atoms with E-state index in [1.165, 1.54) is 0 Å². The van der Waals surface area contributed by atoms with Crippen LogP contribution in [0.2, 0.25) is 0 Å². The van der Waals surface area contributed by atoms with Crippen LogP contribution in [-0.2, 0) is 6.61 Å². The Morgan fingerprint density at radius 3 is 3.00 bits per heavy atom. The maximum Gasteiger partial charge on any atom is 0.289 e.